The van der Waals surface area contributed by atoms with Gasteiger partial charge in [0.25, 0.3) is 17.7 Å². The van der Waals surface area contributed by atoms with E-state index >= 15 is 0 Å². The number of carbonyl (C=O) groups is 4. The number of fused-ring (bicyclic) bond motifs is 2. The second-order valence-electron chi connectivity index (χ2n) is 9.51. The summed E-state index contributed by atoms with van der Waals surface area (Å²) >= 11 is 1.03. The van der Waals surface area contributed by atoms with Crippen LogP contribution < -0.4 is 10.6 Å². The number of hydrogen-bond donors (Lipinski definition) is 2. The lowest BCUT2D eigenvalue weighted by atomic mass is 9.97. The fourth-order valence-electron chi connectivity index (χ4n) is 4.82. The molecule has 1 saturated carbocycles. The second-order valence-corrected chi connectivity index (χ2v) is 10.3. The quantitative estimate of drug-likeness (QED) is 0.601. The van der Waals surface area contributed by atoms with Gasteiger partial charge >= 0.3 is 0 Å². The number of amides is 4. The SMILES string of the molecule is CCc1nnsc1C(=O)NCC(CC)C(=O)N[C@@H]1C(=O)N2CC3(CC3)CN2C(=O)c2ccccc21. The van der Waals surface area contributed by atoms with Crippen molar-refractivity contribution in [3.63, 3.8) is 0 Å². The molecule has 2 N–H and O–H groups in total. The highest BCUT2D eigenvalue weighted by Crippen LogP contribution is 2.52. The van der Waals surface area contributed by atoms with Crippen LogP contribution >= 0.6 is 11.5 Å². The minimum absolute atomic E-state index is 0.00868. The molecular weight excluding hydrogens is 468 g/mol. The molecule has 1 aromatic heterocycles. The minimum Gasteiger partial charge on any atom is -0.350 e. The zero-order valence-electron chi connectivity index (χ0n) is 19.7. The van der Waals surface area contributed by atoms with Gasteiger partial charge in [-0.2, -0.15) is 0 Å². The normalized spacial score (nSPS) is 20.8. The number of rotatable bonds is 7. The third-order valence-electron chi connectivity index (χ3n) is 7.21. The number of hydrogen-bond acceptors (Lipinski definition) is 7. The topological polar surface area (TPSA) is 125 Å². The van der Waals surface area contributed by atoms with Crippen LogP contribution in [0.4, 0.5) is 0 Å². The van der Waals surface area contributed by atoms with E-state index in [9.17, 15) is 19.2 Å². The van der Waals surface area contributed by atoms with Crippen molar-refractivity contribution in [1.29, 1.82) is 0 Å². The number of nitrogens with one attached hydrogen (secondary N) is 2. The van der Waals surface area contributed by atoms with Crippen molar-refractivity contribution in [3.8, 4) is 0 Å². The second kappa shape index (κ2) is 9.03. The minimum atomic E-state index is -0.969. The summed E-state index contributed by atoms with van der Waals surface area (Å²) in [5, 5.41) is 12.7. The molecule has 1 aliphatic carbocycles. The van der Waals surface area contributed by atoms with E-state index in [1.165, 1.54) is 5.01 Å². The van der Waals surface area contributed by atoms with Gasteiger partial charge in [0.05, 0.1) is 24.7 Å². The lowest BCUT2D eigenvalue weighted by Crippen LogP contribution is -2.48. The van der Waals surface area contributed by atoms with Gasteiger partial charge in [0, 0.05) is 17.5 Å². The van der Waals surface area contributed by atoms with Crippen molar-refractivity contribution in [2.24, 2.45) is 11.3 Å². The van der Waals surface area contributed by atoms with E-state index in [4.69, 9.17) is 0 Å². The Labute approximate surface area is 207 Å². The number of aromatic nitrogens is 2. The predicted molar refractivity (Wildman–Crippen MR) is 127 cm³/mol. The molecule has 10 nitrogen and oxygen atoms in total. The van der Waals surface area contributed by atoms with E-state index in [0.717, 1.165) is 24.4 Å². The van der Waals surface area contributed by atoms with Crippen molar-refractivity contribution in [2.75, 3.05) is 19.6 Å². The highest BCUT2D eigenvalue weighted by molar-refractivity contribution is 7.08. The van der Waals surface area contributed by atoms with Crippen molar-refractivity contribution >= 4 is 35.2 Å². The third kappa shape index (κ3) is 4.18. The van der Waals surface area contributed by atoms with Gasteiger partial charge in [0.2, 0.25) is 5.91 Å². The Bertz CT molecular complexity index is 1190. The summed E-state index contributed by atoms with van der Waals surface area (Å²) in [6.07, 6.45) is 3.04. The maximum atomic E-state index is 13.6. The Morgan fingerprint density at radius 3 is 2.63 bits per heavy atom. The van der Waals surface area contributed by atoms with Crippen LogP contribution in [0.1, 0.15) is 70.4 Å². The summed E-state index contributed by atoms with van der Waals surface area (Å²) in [6, 6.07) is 5.99. The van der Waals surface area contributed by atoms with E-state index < -0.39 is 12.0 Å². The molecule has 0 bridgehead atoms. The summed E-state index contributed by atoms with van der Waals surface area (Å²) < 4.78 is 3.84. The first-order chi connectivity index (χ1) is 16.9. The molecule has 1 unspecified atom stereocenters. The third-order valence-corrected chi connectivity index (χ3v) is 7.98. The first-order valence-corrected chi connectivity index (χ1v) is 12.8. The highest BCUT2D eigenvalue weighted by atomic mass is 32.1. The molecule has 0 radical (unpaired) electrons. The molecule has 5 rings (SSSR count). The van der Waals surface area contributed by atoms with Gasteiger partial charge in [-0.05, 0) is 48.8 Å². The van der Waals surface area contributed by atoms with Crippen molar-refractivity contribution in [1.82, 2.24) is 30.2 Å². The Hall–Kier alpha value is -3.34. The summed E-state index contributed by atoms with van der Waals surface area (Å²) in [5.74, 6) is -1.72. The fraction of sp³-hybridized carbons (Fsp3) is 0.500. The molecule has 2 atom stereocenters. The average Bonchev–Trinajstić information content (AvgIpc) is 3.29. The van der Waals surface area contributed by atoms with E-state index in [1.807, 2.05) is 13.8 Å². The molecule has 2 fully saturated rings. The maximum Gasteiger partial charge on any atom is 0.272 e. The smallest absolute Gasteiger partial charge is 0.272 e. The molecule has 3 heterocycles. The van der Waals surface area contributed by atoms with Crippen LogP contribution in [0, 0.1) is 11.3 Å². The van der Waals surface area contributed by atoms with Gasteiger partial charge in [-0.1, -0.05) is 36.5 Å². The van der Waals surface area contributed by atoms with E-state index in [0.29, 0.717) is 47.6 Å². The number of carbonyl (C=O) groups excluding carboxylic acids is 4. The van der Waals surface area contributed by atoms with Crippen LogP contribution in [0.5, 0.6) is 0 Å². The van der Waals surface area contributed by atoms with Crippen molar-refractivity contribution in [3.05, 3.63) is 46.0 Å². The first-order valence-electron chi connectivity index (χ1n) is 12.0. The van der Waals surface area contributed by atoms with Gasteiger partial charge in [0.15, 0.2) is 0 Å². The zero-order valence-corrected chi connectivity index (χ0v) is 20.6. The molecule has 2 aliphatic heterocycles. The lowest BCUT2D eigenvalue weighted by molar-refractivity contribution is -0.145. The molecule has 2 aromatic rings. The van der Waals surface area contributed by atoms with Gasteiger partial charge in [0.1, 0.15) is 10.9 Å². The molecule has 184 valence electrons. The highest BCUT2D eigenvalue weighted by Gasteiger charge is 2.56. The fourth-order valence-corrected chi connectivity index (χ4v) is 5.49. The van der Waals surface area contributed by atoms with E-state index in [-0.39, 0.29) is 35.6 Å². The summed E-state index contributed by atoms with van der Waals surface area (Å²) in [4.78, 5) is 53.3. The van der Waals surface area contributed by atoms with Crippen LogP contribution in [-0.4, -0.2) is 62.9 Å². The summed E-state index contributed by atoms with van der Waals surface area (Å²) in [6.45, 7) is 4.89. The van der Waals surface area contributed by atoms with Crippen LogP contribution in [0.3, 0.4) is 0 Å². The Morgan fingerprint density at radius 2 is 1.91 bits per heavy atom. The van der Waals surface area contributed by atoms with Gasteiger partial charge in [-0.3, -0.25) is 19.2 Å². The summed E-state index contributed by atoms with van der Waals surface area (Å²) in [7, 11) is 0. The first kappa shape index (κ1) is 23.4. The lowest BCUT2D eigenvalue weighted by Gasteiger charge is -2.28. The monoisotopic (exact) mass is 496 g/mol. The van der Waals surface area contributed by atoms with E-state index in [2.05, 4.69) is 20.2 Å². The Balaban J connectivity index is 1.34. The number of benzene rings is 1. The van der Waals surface area contributed by atoms with Crippen LogP contribution in [0.2, 0.25) is 0 Å². The van der Waals surface area contributed by atoms with E-state index in [1.54, 1.807) is 29.3 Å². The molecule has 1 saturated heterocycles. The standard InChI is InChI=1S/C24H28N6O4S/c1-3-14(11-25-21(32)19-17(4-2)27-28-35-19)20(31)26-18-15-7-5-6-8-16(15)22(33)29-12-24(9-10-24)13-30(29)23(18)34/h5-8,14,18H,3-4,9-13H2,1-2H3,(H,25,32)(H,26,31)/t14?,18-/m0/s1. The van der Waals surface area contributed by atoms with Gasteiger partial charge < -0.3 is 10.6 Å². The Morgan fingerprint density at radius 1 is 1.17 bits per heavy atom. The number of hydrazine groups is 1. The molecule has 4 amide bonds. The van der Waals surface area contributed by atoms with Crippen LogP contribution in [0.25, 0.3) is 0 Å². The summed E-state index contributed by atoms with van der Waals surface area (Å²) in [5.41, 5.74) is 1.54. The molecule has 11 heteroatoms. The maximum absolute atomic E-state index is 13.6. The average molecular weight is 497 g/mol. The van der Waals surface area contributed by atoms with Gasteiger partial charge in [-0.25, -0.2) is 10.0 Å². The van der Waals surface area contributed by atoms with Crippen LogP contribution in [0.15, 0.2) is 24.3 Å². The Kier molecular flexibility index (Phi) is 6.04. The van der Waals surface area contributed by atoms with Gasteiger partial charge in [-0.15, -0.1) is 5.10 Å². The number of nitrogens with zero attached hydrogens (tertiary/aromatic N) is 4. The number of aryl methyl sites for hydroxylation is 1. The van der Waals surface area contributed by atoms with Crippen molar-refractivity contribution in [2.45, 2.75) is 45.6 Å². The largest absolute Gasteiger partial charge is 0.350 e. The zero-order chi connectivity index (χ0) is 24.7. The molecule has 1 aromatic carbocycles. The molecular formula is C24H28N6O4S. The van der Waals surface area contributed by atoms with Crippen LogP contribution in [-0.2, 0) is 16.0 Å². The molecule has 35 heavy (non-hydrogen) atoms. The predicted octanol–water partition coefficient (Wildman–Crippen LogP) is 1.71. The van der Waals surface area contributed by atoms with Crippen molar-refractivity contribution < 1.29 is 19.2 Å². The molecule has 3 aliphatic rings. The molecule has 1 spiro atoms.